The molecule has 0 aliphatic carbocycles. The molecule has 1 saturated heterocycles. The first-order valence-electron chi connectivity index (χ1n) is 10.3. The van der Waals surface area contributed by atoms with Gasteiger partial charge in [-0.15, -0.1) is 5.10 Å². The zero-order chi connectivity index (χ0) is 24.1. The number of halogens is 3. The van der Waals surface area contributed by atoms with Crippen molar-refractivity contribution in [3.05, 3.63) is 77.6 Å². The number of aliphatic hydroxyl groups excluding tert-OH is 1. The average molecular weight is 471 g/mol. The van der Waals surface area contributed by atoms with E-state index in [1.807, 2.05) is 0 Å². The highest BCUT2D eigenvalue weighted by Gasteiger charge is 2.30. The molecule has 176 valence electrons. The van der Waals surface area contributed by atoms with Crippen LogP contribution >= 0.6 is 0 Å². The van der Waals surface area contributed by atoms with Crippen LogP contribution in [0.2, 0.25) is 0 Å². The number of carbonyl (C=O) groups excluding carboxylic acids is 1. The van der Waals surface area contributed by atoms with Crippen LogP contribution in [-0.4, -0.2) is 50.4 Å². The number of nitrogens with one attached hydrogen (secondary N) is 1. The Kier molecular flexibility index (Phi) is 6.73. The summed E-state index contributed by atoms with van der Waals surface area (Å²) in [5, 5.41) is 20.7. The molecule has 1 aliphatic heterocycles. The molecule has 8 nitrogen and oxygen atoms in total. The average Bonchev–Trinajstić information content (AvgIpc) is 2.81. The van der Waals surface area contributed by atoms with Crippen LogP contribution < -0.4 is 10.1 Å². The molecule has 2 N–H and O–H groups in total. The Balaban J connectivity index is 1.39. The summed E-state index contributed by atoms with van der Waals surface area (Å²) in [5.41, 5.74) is 0.619. The highest BCUT2D eigenvalue weighted by Crippen LogP contribution is 2.30. The molecule has 1 atom stereocenters. The third-order valence-electron chi connectivity index (χ3n) is 5.08. The molecular weight excluding hydrogens is 451 g/mol. The maximum absolute atomic E-state index is 12.7. The number of piperidine rings is 1. The van der Waals surface area contributed by atoms with Gasteiger partial charge in [-0.3, -0.25) is 5.32 Å². The van der Waals surface area contributed by atoms with Gasteiger partial charge in [0.15, 0.2) is 5.82 Å². The molecule has 0 bridgehead atoms. The highest BCUT2D eigenvalue weighted by atomic mass is 19.4. The van der Waals surface area contributed by atoms with Gasteiger partial charge in [-0.2, -0.15) is 18.3 Å². The summed E-state index contributed by atoms with van der Waals surface area (Å²) in [6, 6.07) is 11.8. The van der Waals surface area contributed by atoms with Crippen molar-refractivity contribution in [2.75, 3.05) is 18.4 Å². The lowest BCUT2D eigenvalue weighted by Crippen LogP contribution is -2.45. The molecule has 4 rings (SSSR count). The molecule has 11 heteroatoms. The van der Waals surface area contributed by atoms with E-state index in [4.69, 9.17) is 4.74 Å². The molecule has 2 aromatic heterocycles. The second-order valence-electron chi connectivity index (χ2n) is 7.53. The summed E-state index contributed by atoms with van der Waals surface area (Å²) >= 11 is 0. The summed E-state index contributed by atoms with van der Waals surface area (Å²) in [4.78, 5) is 17.6. The first-order valence-corrected chi connectivity index (χ1v) is 10.3. The third kappa shape index (κ3) is 5.87. The van der Waals surface area contributed by atoms with Gasteiger partial charge in [0.05, 0.1) is 18.2 Å². The number of pyridine rings is 1. The standard InChI is InChI=1S/C23H20F3N5O3/c24-23(25,26)17-6-7-21(27-13-17)34-18-4-1-3-15(12-18)11-16-8-10-31(14-19(16)32)22(33)29-20-5-2-9-28-30-20/h1-7,9,11-13,19,32H,8,10,14H2,(H,29,30,33)/b16-11+/t19-/m1/s1. The normalized spacial score (nSPS) is 17.5. The van der Waals surface area contributed by atoms with Crippen LogP contribution in [0.15, 0.2) is 66.5 Å². The van der Waals surface area contributed by atoms with Gasteiger partial charge in [0, 0.05) is 25.0 Å². The summed E-state index contributed by atoms with van der Waals surface area (Å²) in [5.74, 6) is 0.736. The van der Waals surface area contributed by atoms with Crippen LogP contribution in [0.5, 0.6) is 11.6 Å². The number of benzene rings is 1. The minimum absolute atomic E-state index is 0.0280. The predicted octanol–water partition coefficient (Wildman–Crippen LogP) is 4.36. The smallest absolute Gasteiger partial charge is 0.417 e. The monoisotopic (exact) mass is 471 g/mol. The van der Waals surface area contributed by atoms with E-state index in [0.717, 1.165) is 23.3 Å². The van der Waals surface area contributed by atoms with Crippen molar-refractivity contribution in [3.63, 3.8) is 0 Å². The number of ether oxygens (including phenoxy) is 1. The van der Waals surface area contributed by atoms with Crippen molar-refractivity contribution < 1.29 is 27.8 Å². The molecule has 1 aliphatic rings. The van der Waals surface area contributed by atoms with Crippen LogP contribution in [0, 0.1) is 0 Å². The molecule has 0 unspecified atom stereocenters. The predicted molar refractivity (Wildman–Crippen MR) is 117 cm³/mol. The van der Waals surface area contributed by atoms with Crippen LogP contribution in [0.25, 0.3) is 6.08 Å². The lowest BCUT2D eigenvalue weighted by Gasteiger charge is -2.32. The van der Waals surface area contributed by atoms with Gasteiger partial charge in [0.2, 0.25) is 5.88 Å². The number of aliphatic hydroxyl groups is 1. The molecule has 2 amide bonds. The molecule has 0 radical (unpaired) electrons. The van der Waals surface area contributed by atoms with Crippen molar-refractivity contribution >= 4 is 17.9 Å². The number of urea groups is 1. The first kappa shape index (κ1) is 23.2. The van der Waals surface area contributed by atoms with Gasteiger partial charge in [-0.25, -0.2) is 9.78 Å². The number of β-amino-alcohol motifs (C(OH)–C–C–N with tert-alkyl or cyclic N) is 1. The third-order valence-corrected chi connectivity index (χ3v) is 5.08. The molecule has 0 saturated carbocycles. The quantitative estimate of drug-likeness (QED) is 0.586. The summed E-state index contributed by atoms with van der Waals surface area (Å²) in [6.45, 7) is 0.518. The summed E-state index contributed by atoms with van der Waals surface area (Å²) < 4.78 is 43.6. The van der Waals surface area contributed by atoms with E-state index >= 15 is 0 Å². The lowest BCUT2D eigenvalue weighted by molar-refractivity contribution is -0.137. The number of hydrogen-bond acceptors (Lipinski definition) is 6. The largest absolute Gasteiger partial charge is 0.439 e. The Hall–Kier alpha value is -3.99. The Morgan fingerprint density at radius 1 is 1.21 bits per heavy atom. The SMILES string of the molecule is O=C(Nc1cccnn1)N1CC/C(=C\c2cccc(Oc3ccc(C(F)(F)F)cn3)c2)[C@H](O)C1. The Morgan fingerprint density at radius 2 is 2.06 bits per heavy atom. The minimum Gasteiger partial charge on any atom is -0.439 e. The number of carbonyl (C=O) groups is 1. The lowest BCUT2D eigenvalue weighted by atomic mass is 9.98. The minimum atomic E-state index is -4.47. The maximum atomic E-state index is 12.7. The number of aromatic nitrogens is 3. The number of hydrogen-bond donors (Lipinski definition) is 2. The van der Waals surface area contributed by atoms with Gasteiger partial charge < -0.3 is 14.7 Å². The van der Waals surface area contributed by atoms with Gasteiger partial charge in [-0.1, -0.05) is 18.2 Å². The van der Waals surface area contributed by atoms with Crippen LogP contribution in [0.1, 0.15) is 17.5 Å². The number of anilines is 1. The van der Waals surface area contributed by atoms with Crippen LogP contribution in [0.3, 0.4) is 0 Å². The molecule has 3 aromatic rings. The van der Waals surface area contributed by atoms with E-state index < -0.39 is 17.8 Å². The molecule has 3 heterocycles. The molecule has 1 fully saturated rings. The number of likely N-dealkylation sites (tertiary alicyclic amines) is 1. The second kappa shape index (κ2) is 9.87. The fourth-order valence-electron chi connectivity index (χ4n) is 3.37. The van der Waals surface area contributed by atoms with E-state index in [0.29, 0.717) is 30.7 Å². The van der Waals surface area contributed by atoms with Crippen molar-refractivity contribution in [1.29, 1.82) is 0 Å². The van der Waals surface area contributed by atoms with Gasteiger partial charge in [0.25, 0.3) is 0 Å². The van der Waals surface area contributed by atoms with Gasteiger partial charge >= 0.3 is 12.2 Å². The molecule has 1 aromatic carbocycles. The number of alkyl halides is 3. The van der Waals surface area contributed by atoms with E-state index in [-0.39, 0.29) is 18.5 Å². The number of rotatable bonds is 4. The van der Waals surface area contributed by atoms with Gasteiger partial charge in [0.1, 0.15) is 5.75 Å². The first-order chi connectivity index (χ1) is 16.3. The molecular formula is C23H20F3N5O3. The Bertz CT molecular complexity index is 1170. The number of nitrogens with zero attached hydrogens (tertiary/aromatic N) is 4. The van der Waals surface area contributed by atoms with Gasteiger partial charge in [-0.05, 0) is 47.9 Å². The number of amides is 2. The van der Waals surface area contributed by atoms with Crippen molar-refractivity contribution in [3.8, 4) is 11.6 Å². The van der Waals surface area contributed by atoms with E-state index in [1.54, 1.807) is 42.5 Å². The van der Waals surface area contributed by atoms with Crippen LogP contribution in [0.4, 0.5) is 23.8 Å². The second-order valence-corrected chi connectivity index (χ2v) is 7.53. The topological polar surface area (TPSA) is 100 Å². The molecule has 0 spiro atoms. The maximum Gasteiger partial charge on any atom is 0.417 e. The van der Waals surface area contributed by atoms with E-state index in [2.05, 4.69) is 20.5 Å². The Labute approximate surface area is 192 Å². The highest BCUT2D eigenvalue weighted by molar-refractivity contribution is 5.88. The molecule has 34 heavy (non-hydrogen) atoms. The summed E-state index contributed by atoms with van der Waals surface area (Å²) in [7, 11) is 0. The zero-order valence-corrected chi connectivity index (χ0v) is 17.7. The Morgan fingerprint density at radius 3 is 2.74 bits per heavy atom. The fourth-order valence-corrected chi connectivity index (χ4v) is 3.37. The summed E-state index contributed by atoms with van der Waals surface area (Å²) in [6.07, 6.45) is -0.855. The fraction of sp³-hybridized carbons (Fsp3) is 0.217. The van der Waals surface area contributed by atoms with Crippen molar-refractivity contribution in [1.82, 2.24) is 20.1 Å². The van der Waals surface area contributed by atoms with Crippen molar-refractivity contribution in [2.24, 2.45) is 0 Å². The van der Waals surface area contributed by atoms with Crippen molar-refractivity contribution in [2.45, 2.75) is 18.7 Å². The zero-order valence-electron chi connectivity index (χ0n) is 17.7. The van der Waals surface area contributed by atoms with Crippen LogP contribution in [-0.2, 0) is 6.18 Å². The van der Waals surface area contributed by atoms with E-state index in [1.165, 1.54) is 11.1 Å². The van der Waals surface area contributed by atoms with E-state index in [9.17, 15) is 23.1 Å².